The summed E-state index contributed by atoms with van der Waals surface area (Å²) in [6, 6.07) is 7.61. The molecule has 0 radical (unpaired) electrons. The van der Waals surface area contributed by atoms with Crippen LogP contribution in [0.25, 0.3) is 6.08 Å². The molecule has 0 fully saturated rings. The molecule has 2 N–H and O–H groups in total. The highest BCUT2D eigenvalue weighted by molar-refractivity contribution is 5.93. The summed E-state index contributed by atoms with van der Waals surface area (Å²) in [6.07, 6.45) is 4.01. The third-order valence-electron chi connectivity index (χ3n) is 3.72. The van der Waals surface area contributed by atoms with E-state index in [0.717, 1.165) is 6.07 Å². The van der Waals surface area contributed by atoms with Crippen LogP contribution >= 0.6 is 0 Å². The van der Waals surface area contributed by atoms with E-state index >= 15 is 0 Å². The van der Waals surface area contributed by atoms with Gasteiger partial charge in [-0.2, -0.15) is 5.10 Å². The smallest absolute Gasteiger partial charge is 0.315 e. The van der Waals surface area contributed by atoms with Gasteiger partial charge in [-0.25, -0.2) is 5.43 Å². The van der Waals surface area contributed by atoms with E-state index in [1.165, 1.54) is 39.7 Å². The molecule has 0 saturated carbocycles. The molecule has 2 aromatic carbocycles. The Bertz CT molecular complexity index is 971. The van der Waals surface area contributed by atoms with Crippen LogP contribution in [-0.4, -0.2) is 43.5 Å². The Morgan fingerprint density at radius 1 is 1.07 bits per heavy atom. The SMILES string of the molecule is COc1ccc(/C=C/C(=O)N/N=C/c2cc(OC)c(O)c([N+](=O)[O-])c2)cc1OC. The van der Waals surface area contributed by atoms with Crippen LogP contribution in [0.2, 0.25) is 0 Å². The fourth-order valence-electron chi connectivity index (χ4n) is 2.32. The zero-order valence-corrected chi connectivity index (χ0v) is 15.9. The first-order chi connectivity index (χ1) is 13.9. The molecule has 10 nitrogen and oxygen atoms in total. The van der Waals surface area contributed by atoms with Crippen LogP contribution in [0.5, 0.6) is 23.0 Å². The van der Waals surface area contributed by atoms with Gasteiger partial charge in [0.2, 0.25) is 5.75 Å². The first-order valence-electron chi connectivity index (χ1n) is 8.18. The second-order valence-electron chi connectivity index (χ2n) is 5.53. The van der Waals surface area contributed by atoms with Crippen molar-refractivity contribution < 1.29 is 29.0 Å². The fourth-order valence-corrected chi connectivity index (χ4v) is 2.32. The summed E-state index contributed by atoms with van der Waals surface area (Å²) in [7, 11) is 4.30. The van der Waals surface area contributed by atoms with Gasteiger partial charge in [0.15, 0.2) is 17.2 Å². The number of nitrogens with zero attached hydrogens (tertiary/aromatic N) is 2. The summed E-state index contributed by atoms with van der Waals surface area (Å²) < 4.78 is 15.2. The Balaban J connectivity index is 2.07. The van der Waals surface area contributed by atoms with E-state index in [1.807, 2.05) is 0 Å². The Morgan fingerprint density at radius 3 is 2.34 bits per heavy atom. The molecule has 0 unspecified atom stereocenters. The van der Waals surface area contributed by atoms with Gasteiger partial charge in [0.1, 0.15) is 0 Å². The number of amides is 1. The number of phenolic OH excluding ortho intramolecular Hbond substituents is 1. The number of hydrogen-bond acceptors (Lipinski definition) is 8. The maximum Gasteiger partial charge on any atom is 0.315 e. The number of carbonyl (C=O) groups excluding carboxylic acids is 1. The van der Waals surface area contributed by atoms with Crippen LogP contribution in [0.1, 0.15) is 11.1 Å². The van der Waals surface area contributed by atoms with Crippen molar-refractivity contribution in [1.29, 1.82) is 0 Å². The van der Waals surface area contributed by atoms with Crippen molar-refractivity contribution in [2.24, 2.45) is 5.10 Å². The molecule has 0 aliphatic heterocycles. The molecule has 0 aliphatic carbocycles. The van der Waals surface area contributed by atoms with Gasteiger partial charge in [-0.05, 0) is 29.8 Å². The largest absolute Gasteiger partial charge is 0.500 e. The number of nitro benzene ring substituents is 1. The minimum Gasteiger partial charge on any atom is -0.500 e. The minimum atomic E-state index is -0.750. The van der Waals surface area contributed by atoms with Crippen molar-refractivity contribution in [2.45, 2.75) is 0 Å². The average Bonchev–Trinajstić information content (AvgIpc) is 2.72. The number of benzene rings is 2. The van der Waals surface area contributed by atoms with Crippen molar-refractivity contribution in [3.05, 3.63) is 57.6 Å². The highest BCUT2D eigenvalue weighted by Gasteiger charge is 2.19. The van der Waals surface area contributed by atoms with E-state index in [1.54, 1.807) is 24.3 Å². The molecule has 0 spiro atoms. The number of phenols is 1. The van der Waals surface area contributed by atoms with Gasteiger partial charge in [-0.3, -0.25) is 14.9 Å². The van der Waals surface area contributed by atoms with Gasteiger partial charge in [-0.15, -0.1) is 0 Å². The highest BCUT2D eigenvalue weighted by atomic mass is 16.6. The zero-order chi connectivity index (χ0) is 21.4. The Labute approximate surface area is 166 Å². The van der Waals surface area contributed by atoms with E-state index in [2.05, 4.69) is 10.5 Å². The molecule has 2 rings (SSSR count). The lowest BCUT2D eigenvalue weighted by Gasteiger charge is -2.07. The number of hydrogen-bond donors (Lipinski definition) is 2. The van der Waals surface area contributed by atoms with E-state index in [-0.39, 0.29) is 11.3 Å². The van der Waals surface area contributed by atoms with E-state index in [9.17, 15) is 20.0 Å². The monoisotopic (exact) mass is 401 g/mol. The van der Waals surface area contributed by atoms with Crippen molar-refractivity contribution in [3.8, 4) is 23.0 Å². The Kier molecular flexibility index (Phi) is 7.13. The van der Waals surface area contributed by atoms with Crippen LogP contribution < -0.4 is 19.6 Å². The van der Waals surface area contributed by atoms with Gasteiger partial charge in [0.05, 0.1) is 32.5 Å². The topological polar surface area (TPSA) is 133 Å². The number of rotatable bonds is 8. The highest BCUT2D eigenvalue weighted by Crippen LogP contribution is 2.36. The molecule has 10 heteroatoms. The summed E-state index contributed by atoms with van der Waals surface area (Å²) in [5, 5.41) is 24.5. The second kappa shape index (κ2) is 9.74. The molecular weight excluding hydrogens is 382 g/mol. The van der Waals surface area contributed by atoms with Gasteiger partial charge < -0.3 is 19.3 Å². The maximum absolute atomic E-state index is 11.9. The van der Waals surface area contributed by atoms with E-state index in [4.69, 9.17) is 14.2 Å². The molecule has 0 saturated heterocycles. The van der Waals surface area contributed by atoms with Gasteiger partial charge >= 0.3 is 5.69 Å². The van der Waals surface area contributed by atoms with Gasteiger partial charge in [0, 0.05) is 17.7 Å². The number of ether oxygens (including phenoxy) is 3. The lowest BCUT2D eigenvalue weighted by atomic mass is 10.2. The van der Waals surface area contributed by atoms with Crippen molar-refractivity contribution in [1.82, 2.24) is 5.43 Å². The number of nitrogens with one attached hydrogen (secondary N) is 1. The quantitative estimate of drug-likeness (QED) is 0.300. The summed E-state index contributed by atoms with van der Waals surface area (Å²) in [5.41, 5.74) is 2.70. The lowest BCUT2D eigenvalue weighted by Crippen LogP contribution is -2.14. The second-order valence-corrected chi connectivity index (χ2v) is 5.53. The fraction of sp³-hybridized carbons (Fsp3) is 0.158. The first-order valence-corrected chi connectivity index (χ1v) is 8.18. The Hall–Kier alpha value is -4.08. The van der Waals surface area contributed by atoms with E-state index in [0.29, 0.717) is 17.1 Å². The van der Waals surface area contributed by atoms with Crippen molar-refractivity contribution >= 4 is 23.9 Å². The van der Waals surface area contributed by atoms with Crippen LogP contribution in [0.4, 0.5) is 5.69 Å². The molecule has 29 heavy (non-hydrogen) atoms. The van der Waals surface area contributed by atoms with E-state index < -0.39 is 22.3 Å². The van der Waals surface area contributed by atoms with Crippen LogP contribution in [-0.2, 0) is 4.79 Å². The van der Waals surface area contributed by atoms with Crippen molar-refractivity contribution in [3.63, 3.8) is 0 Å². The normalized spacial score (nSPS) is 10.9. The summed E-state index contributed by atoms with van der Waals surface area (Å²) in [4.78, 5) is 22.1. The lowest BCUT2D eigenvalue weighted by molar-refractivity contribution is -0.386. The zero-order valence-electron chi connectivity index (χ0n) is 15.9. The number of nitro groups is 1. The molecule has 0 aromatic heterocycles. The first kappa shape index (κ1) is 21.2. The standard InChI is InChI=1S/C19H19N3O7/c1-27-15-6-4-12(9-16(15)28-2)5-7-18(23)21-20-11-13-8-14(22(25)26)19(24)17(10-13)29-3/h4-11,24H,1-3H3,(H,21,23)/b7-5+,20-11+. The molecule has 2 aromatic rings. The van der Waals surface area contributed by atoms with Crippen LogP contribution in [0.3, 0.4) is 0 Å². The van der Waals surface area contributed by atoms with Gasteiger partial charge in [-0.1, -0.05) is 6.07 Å². The molecule has 0 aliphatic rings. The summed E-state index contributed by atoms with van der Waals surface area (Å²) >= 11 is 0. The average molecular weight is 401 g/mol. The van der Waals surface area contributed by atoms with Crippen molar-refractivity contribution in [2.75, 3.05) is 21.3 Å². The molecular formula is C19H19N3O7. The Morgan fingerprint density at radius 2 is 1.72 bits per heavy atom. The minimum absolute atomic E-state index is 0.0830. The predicted molar refractivity (Wildman–Crippen MR) is 106 cm³/mol. The molecule has 0 bridgehead atoms. The molecule has 0 atom stereocenters. The predicted octanol–water partition coefficient (Wildman–Crippen LogP) is 2.49. The number of methoxy groups -OCH3 is 3. The number of carbonyl (C=O) groups is 1. The third-order valence-corrected chi connectivity index (χ3v) is 3.72. The van der Waals surface area contributed by atoms with Gasteiger partial charge in [0.25, 0.3) is 5.91 Å². The third kappa shape index (κ3) is 5.45. The number of aromatic hydroxyl groups is 1. The molecule has 0 heterocycles. The van der Waals surface area contributed by atoms with Crippen LogP contribution in [0.15, 0.2) is 41.5 Å². The molecule has 1 amide bonds. The maximum atomic E-state index is 11.9. The number of hydrazone groups is 1. The summed E-state index contributed by atoms with van der Waals surface area (Å²) in [5.74, 6) is -0.0961. The summed E-state index contributed by atoms with van der Waals surface area (Å²) in [6.45, 7) is 0. The van der Waals surface area contributed by atoms with Crippen LogP contribution in [0, 0.1) is 10.1 Å². The molecule has 152 valence electrons.